The molecule has 0 aliphatic heterocycles. The largest absolute Gasteiger partial charge is 0.502 e. The Hall–Kier alpha value is -6.03. The van der Waals surface area contributed by atoms with Gasteiger partial charge in [-0.15, -0.1) is 0 Å². The van der Waals surface area contributed by atoms with Gasteiger partial charge in [-0.2, -0.15) is 13.8 Å². The molecule has 0 unspecified atom stereocenters. The van der Waals surface area contributed by atoms with Crippen molar-refractivity contribution in [2.45, 2.75) is 160 Å². The highest BCUT2D eigenvalue weighted by Gasteiger charge is 2.09. The summed E-state index contributed by atoms with van der Waals surface area (Å²) < 4.78 is 24.6. The van der Waals surface area contributed by atoms with Crippen LogP contribution < -0.4 is 27.4 Å². The van der Waals surface area contributed by atoms with E-state index in [9.17, 15) is 24.0 Å². The van der Waals surface area contributed by atoms with Crippen molar-refractivity contribution in [2.75, 3.05) is 14.1 Å². The number of H-pyrrole nitrogens is 3. The quantitative estimate of drug-likeness (QED) is 0.0828. The lowest BCUT2D eigenvalue weighted by Crippen LogP contribution is -2.22. The lowest BCUT2D eigenvalue weighted by molar-refractivity contribution is -0.124. The molecule has 0 saturated carbocycles. The molecule has 6 aromatic heterocycles. The van der Waals surface area contributed by atoms with E-state index in [4.69, 9.17) is 14.0 Å². The molecule has 0 saturated heterocycles. The molecule has 388 valence electrons. The first-order valence-electron chi connectivity index (χ1n) is 22.6. The van der Waals surface area contributed by atoms with Crippen LogP contribution in [-0.4, -0.2) is 74.6 Å². The molecule has 0 aliphatic rings. The van der Waals surface area contributed by atoms with E-state index >= 15 is 0 Å². The number of carbonyl (C=O) groups is 2. The van der Waals surface area contributed by atoms with Gasteiger partial charge >= 0.3 is 5.76 Å². The second-order valence-corrected chi connectivity index (χ2v) is 19.0. The molecular weight excluding hydrogens is 927 g/mol. The molecule has 2 amide bonds. The summed E-state index contributed by atoms with van der Waals surface area (Å²) in [5.74, 6) is 4.21. The maximum Gasteiger partial charge on any atom is 0.438 e. The lowest BCUT2D eigenvalue weighted by Gasteiger charge is -2.01. The number of rotatable bonds is 8. The normalized spacial score (nSPS) is 10.3. The van der Waals surface area contributed by atoms with E-state index in [1.165, 1.54) is 17.5 Å². The van der Waals surface area contributed by atoms with Gasteiger partial charge in [-0.25, -0.2) is 9.78 Å². The number of aromatic hydroxyl groups is 1. The Labute approximate surface area is 414 Å². The molecule has 69 heavy (non-hydrogen) atoms. The van der Waals surface area contributed by atoms with E-state index < -0.39 is 5.76 Å². The summed E-state index contributed by atoms with van der Waals surface area (Å²) >= 11 is 2.71. The van der Waals surface area contributed by atoms with Crippen LogP contribution in [0, 0.1) is 25.7 Å². The molecule has 0 fully saturated rings. The fourth-order valence-corrected chi connectivity index (χ4v) is 5.63. The van der Waals surface area contributed by atoms with Crippen molar-refractivity contribution in [2.24, 2.45) is 11.8 Å². The van der Waals surface area contributed by atoms with Gasteiger partial charge in [-0.1, -0.05) is 121 Å². The molecule has 6 aromatic rings. The first kappa shape index (κ1) is 65.1. The van der Waals surface area contributed by atoms with E-state index in [0.717, 1.165) is 41.0 Å². The standard InChI is InChI=1S/C8H10O3.C7H11NO.C7H11NS.C5H9N3.C5H8N2O2.C5H8N2OS.2C5H11NO/c1-5(2)6-3-11-4-7(9)8(6)10;2*1-5(2)7-4-6(3)8-9-7;1-4(2)5-6-3-7-8-5;1-3(2)4-6-5(8)9-7-4;1-3(2)4-5(8)7-9-6-4;2*1-4(2)5(7)6-3/h3-5,9H,1-2H3;2*4-5H,1-3H3;3-4H,1-2H3,(H,6,7,8);3H,1-2H3,(H,6,7,8);3H,1-2H3,(H,7,8);2*4H,1-3H3,(H,6,7). The first-order valence-corrected chi connectivity index (χ1v) is 24.2. The number of aromatic nitrogens is 9. The minimum absolute atomic E-state index is 0.0463. The van der Waals surface area contributed by atoms with Crippen LogP contribution in [0.2, 0.25) is 0 Å². The molecule has 0 aliphatic carbocycles. The zero-order chi connectivity index (χ0) is 53.6. The molecule has 0 radical (unpaired) electrons. The summed E-state index contributed by atoms with van der Waals surface area (Å²) in [5, 5.41) is 27.7. The maximum absolute atomic E-state index is 11.1. The fourth-order valence-electron chi connectivity index (χ4n) is 4.27. The van der Waals surface area contributed by atoms with Crippen molar-refractivity contribution in [3.05, 3.63) is 107 Å². The molecule has 0 atom stereocenters. The Morgan fingerprint density at radius 3 is 1.45 bits per heavy atom. The van der Waals surface area contributed by atoms with Crippen LogP contribution in [0.5, 0.6) is 5.75 Å². The molecule has 6 N–H and O–H groups in total. The highest BCUT2D eigenvalue weighted by Crippen LogP contribution is 2.19. The summed E-state index contributed by atoms with van der Waals surface area (Å²) in [4.78, 5) is 60.7. The number of amides is 2. The van der Waals surface area contributed by atoms with Crippen LogP contribution in [0.3, 0.4) is 0 Å². The highest BCUT2D eigenvalue weighted by molar-refractivity contribution is 7.05. The van der Waals surface area contributed by atoms with E-state index in [1.54, 1.807) is 25.6 Å². The van der Waals surface area contributed by atoms with E-state index in [2.05, 4.69) is 106 Å². The van der Waals surface area contributed by atoms with Gasteiger partial charge in [0, 0.05) is 77.8 Å². The Kier molecular flexibility index (Phi) is 33.1. The summed E-state index contributed by atoms with van der Waals surface area (Å²) in [6.45, 7) is 35.6. The Morgan fingerprint density at radius 2 is 1.23 bits per heavy atom. The van der Waals surface area contributed by atoms with E-state index in [0.29, 0.717) is 34.8 Å². The maximum atomic E-state index is 11.1. The van der Waals surface area contributed by atoms with Crippen LogP contribution in [-0.2, 0) is 9.59 Å². The summed E-state index contributed by atoms with van der Waals surface area (Å²) in [6.07, 6.45) is 3.93. The SMILES string of the molecule is CC(C)c1cocc(O)c1=O.CC(C)c1ncn[nH]1.CC(C)c1noc(=O)[nH]1.CC(C)c1ns[nH]c1=O.CNC(=O)C(C)C.CNC(=O)C(C)C.Cc1cc(C(C)C)on1.Cc1cc(C(C)C)sn1. The van der Waals surface area contributed by atoms with Crippen molar-refractivity contribution in [3.8, 4) is 5.75 Å². The van der Waals surface area contributed by atoms with Crippen molar-refractivity contribution in [1.82, 2.24) is 54.2 Å². The van der Waals surface area contributed by atoms with Crippen LogP contribution in [0.4, 0.5) is 0 Å². The van der Waals surface area contributed by atoms with Crippen molar-refractivity contribution < 1.29 is 28.2 Å². The number of aromatic amines is 3. The topological polar surface area (TPSA) is 294 Å². The van der Waals surface area contributed by atoms with Crippen molar-refractivity contribution in [1.29, 1.82) is 0 Å². The molecule has 0 spiro atoms. The van der Waals surface area contributed by atoms with Gasteiger partial charge in [-0.3, -0.25) is 38.2 Å². The van der Waals surface area contributed by atoms with Gasteiger partial charge in [0.2, 0.25) is 17.2 Å². The van der Waals surface area contributed by atoms with Gasteiger partial charge in [-0.05, 0) is 43.3 Å². The molecule has 22 heteroatoms. The van der Waals surface area contributed by atoms with Gasteiger partial charge < -0.3 is 24.7 Å². The molecular formula is C47H79N11O9S2. The minimum atomic E-state index is -0.487. The third-order valence-electron chi connectivity index (χ3n) is 8.51. The number of nitrogens with zero attached hydrogens (tertiary/aromatic N) is 6. The first-order chi connectivity index (χ1) is 32.1. The van der Waals surface area contributed by atoms with E-state index in [-0.39, 0.29) is 58.1 Å². The van der Waals surface area contributed by atoms with Crippen LogP contribution in [0.25, 0.3) is 0 Å². The summed E-state index contributed by atoms with van der Waals surface area (Å²) in [7, 11) is 3.28. The predicted molar refractivity (Wildman–Crippen MR) is 273 cm³/mol. The number of hydrogen-bond acceptors (Lipinski definition) is 17. The van der Waals surface area contributed by atoms with Crippen molar-refractivity contribution >= 4 is 35.1 Å². The van der Waals surface area contributed by atoms with Crippen LogP contribution in [0.15, 0.2) is 58.8 Å². The average Bonchev–Trinajstić information content (AvgIpc) is 4.15. The van der Waals surface area contributed by atoms with Crippen LogP contribution in [0.1, 0.15) is 191 Å². The van der Waals surface area contributed by atoms with Gasteiger partial charge in [0.05, 0.1) is 17.7 Å². The molecule has 6 rings (SSSR count). The average molecular weight is 1010 g/mol. The Morgan fingerprint density at radius 1 is 0.667 bits per heavy atom. The second-order valence-electron chi connectivity index (χ2n) is 17.6. The number of carbonyl (C=O) groups excluding carboxylic acids is 2. The van der Waals surface area contributed by atoms with E-state index in [1.807, 2.05) is 89.2 Å². The molecule has 0 bridgehead atoms. The number of hydrogen-bond donors (Lipinski definition) is 6. The van der Waals surface area contributed by atoms with Gasteiger partial charge in [0.25, 0.3) is 5.56 Å². The summed E-state index contributed by atoms with van der Waals surface area (Å²) in [5.41, 5.74) is 2.86. The molecule has 0 aromatic carbocycles. The Bertz CT molecular complexity index is 2350. The monoisotopic (exact) mass is 1010 g/mol. The third-order valence-corrected chi connectivity index (χ3v) is 10.3. The van der Waals surface area contributed by atoms with Gasteiger partial charge in [0.15, 0.2) is 11.6 Å². The molecule has 6 heterocycles. The van der Waals surface area contributed by atoms with Crippen molar-refractivity contribution in [3.63, 3.8) is 0 Å². The zero-order valence-corrected chi connectivity index (χ0v) is 45.9. The Balaban J connectivity index is 0. The number of nitrogens with one attached hydrogen (secondary N) is 5. The number of aryl methyl sites for hydroxylation is 2. The second kappa shape index (κ2) is 35.1. The third kappa shape index (κ3) is 28.8. The van der Waals surface area contributed by atoms with Gasteiger partial charge in [0.1, 0.15) is 29.9 Å². The smallest absolute Gasteiger partial charge is 0.438 e. The fraction of sp³-hybridized carbons (Fsp3) is 0.596. The highest BCUT2D eigenvalue weighted by atomic mass is 32.1. The minimum Gasteiger partial charge on any atom is -0.502 e. The summed E-state index contributed by atoms with van der Waals surface area (Å²) in [6, 6.07) is 4.11. The predicted octanol–water partition coefficient (Wildman–Crippen LogP) is 9.30. The lowest BCUT2D eigenvalue weighted by atomic mass is 10.1. The van der Waals surface area contributed by atoms with Crippen LogP contribution >= 0.6 is 23.3 Å². The zero-order valence-electron chi connectivity index (χ0n) is 44.2. The molecule has 20 nitrogen and oxygen atoms in total.